The SMILES string of the molecule is FC1C=CC(F)(OC2(F)C=CC(F)C(F)(Oc3ccccc3)C2(F)F)C(F)(F)C1(F)Oc1ccccc1. The average molecular weight is 542 g/mol. The maximum Gasteiger partial charge on any atom is 0.380 e. The van der Waals surface area contributed by atoms with Gasteiger partial charge in [-0.05, 0) is 48.6 Å². The molecule has 0 N–H and O–H groups in total. The third-order valence-corrected chi connectivity index (χ3v) is 5.70. The lowest BCUT2D eigenvalue weighted by Gasteiger charge is -2.48. The highest BCUT2D eigenvalue weighted by molar-refractivity contribution is 5.30. The Morgan fingerprint density at radius 3 is 1.16 bits per heavy atom. The quantitative estimate of drug-likeness (QED) is 0.293. The summed E-state index contributed by atoms with van der Waals surface area (Å²) in [4.78, 5) is 0. The molecule has 3 nitrogen and oxygen atoms in total. The molecule has 13 heteroatoms. The number of hydrogen-bond acceptors (Lipinski definition) is 3. The van der Waals surface area contributed by atoms with E-state index in [1.807, 2.05) is 0 Å². The smallest absolute Gasteiger partial charge is 0.380 e. The fourth-order valence-electron chi connectivity index (χ4n) is 3.66. The van der Waals surface area contributed by atoms with Crippen molar-refractivity contribution in [1.82, 2.24) is 0 Å². The van der Waals surface area contributed by atoms with E-state index in [1.165, 1.54) is 12.1 Å². The maximum atomic E-state index is 15.5. The van der Waals surface area contributed by atoms with Gasteiger partial charge in [-0.1, -0.05) is 36.4 Å². The van der Waals surface area contributed by atoms with Crippen molar-refractivity contribution < 1.29 is 58.1 Å². The predicted octanol–water partition coefficient (Wildman–Crippen LogP) is 6.91. The molecule has 0 aromatic heterocycles. The zero-order chi connectivity index (χ0) is 27.3. The standard InChI is InChI=1S/C24H16F10O3/c25-17-11-13-19(27,23(31,32)21(17,29)35-15-7-3-1-4-8-15)37-20(28)14-12-18(26)22(30,24(20,33)34)36-16-9-5-2-6-10-16/h1-14,17-18H. The number of alkyl halides is 10. The van der Waals surface area contributed by atoms with Gasteiger partial charge in [0.1, 0.15) is 11.5 Å². The van der Waals surface area contributed by atoms with Crippen molar-refractivity contribution in [2.45, 2.75) is 47.6 Å². The Morgan fingerprint density at radius 1 is 0.514 bits per heavy atom. The highest BCUT2D eigenvalue weighted by atomic mass is 19.3. The van der Waals surface area contributed by atoms with Gasteiger partial charge in [-0.2, -0.15) is 26.3 Å². The predicted molar refractivity (Wildman–Crippen MR) is 109 cm³/mol. The summed E-state index contributed by atoms with van der Waals surface area (Å²) in [6.45, 7) is 0. The van der Waals surface area contributed by atoms with Crippen LogP contribution in [0, 0.1) is 0 Å². The molecule has 0 saturated heterocycles. The van der Waals surface area contributed by atoms with E-state index in [2.05, 4.69) is 14.2 Å². The molecule has 4 rings (SSSR count). The lowest BCUT2D eigenvalue weighted by molar-refractivity contribution is -0.429. The van der Waals surface area contributed by atoms with Gasteiger partial charge in [0.25, 0.3) is 0 Å². The molecular formula is C24H16F10O3. The van der Waals surface area contributed by atoms with Crippen molar-refractivity contribution in [3.8, 4) is 11.5 Å². The summed E-state index contributed by atoms with van der Waals surface area (Å²) in [5, 5.41) is 0. The first kappa shape index (κ1) is 26.8. The van der Waals surface area contributed by atoms with Crippen LogP contribution in [0.1, 0.15) is 0 Å². The van der Waals surface area contributed by atoms with E-state index in [1.54, 1.807) is 0 Å². The molecule has 200 valence electrons. The first-order valence-electron chi connectivity index (χ1n) is 10.5. The lowest BCUT2D eigenvalue weighted by atomic mass is 9.88. The zero-order valence-corrected chi connectivity index (χ0v) is 18.2. The van der Waals surface area contributed by atoms with E-state index in [0.29, 0.717) is 0 Å². The number of ether oxygens (including phenoxy) is 3. The minimum atomic E-state index is -5.86. The van der Waals surface area contributed by atoms with E-state index in [9.17, 15) is 8.78 Å². The molecule has 0 saturated carbocycles. The number of rotatable bonds is 6. The van der Waals surface area contributed by atoms with Crippen molar-refractivity contribution in [2.75, 3.05) is 0 Å². The van der Waals surface area contributed by atoms with Gasteiger partial charge in [0.05, 0.1) is 0 Å². The maximum absolute atomic E-state index is 15.5. The second-order valence-electron chi connectivity index (χ2n) is 8.18. The summed E-state index contributed by atoms with van der Waals surface area (Å²) in [6, 6.07) is 10.9. The van der Waals surface area contributed by atoms with Gasteiger partial charge >= 0.3 is 35.3 Å². The van der Waals surface area contributed by atoms with Crippen molar-refractivity contribution >= 4 is 0 Å². The van der Waals surface area contributed by atoms with E-state index in [-0.39, 0.29) is 12.2 Å². The second-order valence-corrected chi connectivity index (χ2v) is 8.18. The summed E-state index contributed by atoms with van der Waals surface area (Å²) < 4.78 is 163. The molecule has 2 aliphatic rings. The Morgan fingerprint density at radius 2 is 0.838 bits per heavy atom. The van der Waals surface area contributed by atoms with Gasteiger partial charge in [0, 0.05) is 0 Å². The number of benzene rings is 2. The molecule has 0 radical (unpaired) electrons. The highest BCUT2D eigenvalue weighted by Gasteiger charge is 2.82. The largest absolute Gasteiger partial charge is 0.450 e. The van der Waals surface area contributed by atoms with Gasteiger partial charge in [-0.15, -0.1) is 0 Å². The van der Waals surface area contributed by atoms with Crippen LogP contribution in [0.5, 0.6) is 11.5 Å². The summed E-state index contributed by atoms with van der Waals surface area (Å²) in [5.41, 5.74) is 0. The Kier molecular flexibility index (Phi) is 6.29. The van der Waals surface area contributed by atoms with Crippen molar-refractivity contribution in [3.63, 3.8) is 0 Å². The first-order chi connectivity index (χ1) is 17.1. The van der Waals surface area contributed by atoms with Crippen molar-refractivity contribution in [2.24, 2.45) is 0 Å². The molecule has 0 aliphatic heterocycles. The fourth-order valence-corrected chi connectivity index (χ4v) is 3.66. The normalized spacial score (nSPS) is 38.2. The Labute approximate surface area is 202 Å². The van der Waals surface area contributed by atoms with Gasteiger partial charge in [0.2, 0.25) is 0 Å². The lowest BCUT2D eigenvalue weighted by Crippen LogP contribution is -2.72. The monoisotopic (exact) mass is 542 g/mol. The summed E-state index contributed by atoms with van der Waals surface area (Å²) in [5.74, 6) is -33.5. The minimum Gasteiger partial charge on any atom is -0.450 e. The molecule has 6 unspecified atom stereocenters. The topological polar surface area (TPSA) is 27.7 Å². The van der Waals surface area contributed by atoms with Crippen LogP contribution in [0.3, 0.4) is 0 Å². The van der Waals surface area contributed by atoms with Crippen LogP contribution in [-0.4, -0.2) is 47.6 Å². The van der Waals surface area contributed by atoms with Crippen LogP contribution in [0.25, 0.3) is 0 Å². The number of halogens is 10. The Balaban J connectivity index is 1.73. The van der Waals surface area contributed by atoms with Gasteiger partial charge in [-0.3, -0.25) is 4.74 Å². The molecule has 6 atom stereocenters. The number of hydrogen-bond donors (Lipinski definition) is 0. The van der Waals surface area contributed by atoms with Crippen molar-refractivity contribution in [1.29, 1.82) is 0 Å². The average Bonchev–Trinajstić information content (AvgIpc) is 2.85. The summed E-state index contributed by atoms with van der Waals surface area (Å²) >= 11 is 0. The molecule has 2 aliphatic carbocycles. The second kappa shape index (κ2) is 8.67. The van der Waals surface area contributed by atoms with Crippen LogP contribution in [-0.2, 0) is 4.74 Å². The molecular weight excluding hydrogens is 526 g/mol. The van der Waals surface area contributed by atoms with Crippen LogP contribution < -0.4 is 9.47 Å². The van der Waals surface area contributed by atoms with E-state index in [4.69, 9.17) is 0 Å². The Bertz CT molecular complexity index is 1090. The third-order valence-electron chi connectivity index (χ3n) is 5.70. The van der Waals surface area contributed by atoms with Crippen LogP contribution >= 0.6 is 0 Å². The van der Waals surface area contributed by atoms with Crippen LogP contribution in [0.2, 0.25) is 0 Å². The minimum absolute atomic E-state index is 0.213. The molecule has 0 spiro atoms. The summed E-state index contributed by atoms with van der Waals surface area (Å²) in [7, 11) is 0. The zero-order valence-electron chi connectivity index (χ0n) is 18.2. The Hall–Kier alpha value is -3.22. The first-order valence-corrected chi connectivity index (χ1v) is 10.5. The van der Waals surface area contributed by atoms with Crippen molar-refractivity contribution in [3.05, 3.63) is 85.0 Å². The highest BCUT2D eigenvalue weighted by Crippen LogP contribution is 2.58. The third kappa shape index (κ3) is 3.94. The number of para-hydroxylation sites is 2. The van der Waals surface area contributed by atoms with Crippen LogP contribution in [0.4, 0.5) is 43.9 Å². The summed E-state index contributed by atoms with van der Waals surface area (Å²) in [6.07, 6.45) is -8.34. The van der Waals surface area contributed by atoms with Gasteiger partial charge < -0.3 is 9.47 Å². The van der Waals surface area contributed by atoms with Gasteiger partial charge in [-0.25, -0.2) is 17.6 Å². The van der Waals surface area contributed by atoms with Gasteiger partial charge in [0.15, 0.2) is 12.3 Å². The fraction of sp³-hybridized carbons (Fsp3) is 0.333. The van der Waals surface area contributed by atoms with E-state index < -0.39 is 71.3 Å². The molecule has 0 heterocycles. The molecule has 0 bridgehead atoms. The molecule has 0 fully saturated rings. The van der Waals surface area contributed by atoms with E-state index in [0.717, 1.165) is 48.5 Å². The molecule has 2 aromatic rings. The van der Waals surface area contributed by atoms with Crippen LogP contribution in [0.15, 0.2) is 85.0 Å². The molecule has 2 aromatic carbocycles. The molecule has 0 amide bonds. The molecule has 37 heavy (non-hydrogen) atoms. The van der Waals surface area contributed by atoms with E-state index >= 15 is 35.1 Å².